The molecule has 4 aromatic heterocycles. The fourth-order valence-electron chi connectivity index (χ4n) is 5.75. The molecule has 46 heavy (non-hydrogen) atoms. The van der Waals surface area contributed by atoms with E-state index in [0.717, 1.165) is 33.3 Å². The van der Waals surface area contributed by atoms with Crippen LogP contribution in [0.4, 0.5) is 0 Å². The molecule has 0 atom stereocenters. The zero-order valence-corrected chi connectivity index (χ0v) is 27.1. The lowest BCUT2D eigenvalue weighted by Crippen LogP contribution is -2.28. The predicted molar refractivity (Wildman–Crippen MR) is 184 cm³/mol. The van der Waals surface area contributed by atoms with E-state index in [2.05, 4.69) is 85.2 Å². The average molecular weight is 608 g/mol. The Morgan fingerprint density at radius 2 is 1.52 bits per heavy atom. The van der Waals surface area contributed by atoms with Crippen LogP contribution in [0.3, 0.4) is 0 Å². The fraction of sp³-hybridized carbons (Fsp3) is 0.225. The number of para-hydroxylation sites is 1. The van der Waals surface area contributed by atoms with Crippen LogP contribution in [0.5, 0.6) is 11.5 Å². The molecule has 0 aliphatic heterocycles. The molecule has 0 radical (unpaired) electrons. The molecule has 0 saturated heterocycles. The van der Waals surface area contributed by atoms with Crippen LogP contribution in [0, 0.1) is 11.7 Å². The minimum absolute atomic E-state index is 0.00766. The zero-order valence-electron chi connectivity index (χ0n) is 29.1. The van der Waals surface area contributed by atoms with Gasteiger partial charge in [0.2, 0.25) is 0 Å². The van der Waals surface area contributed by atoms with Crippen molar-refractivity contribution in [1.82, 2.24) is 19.1 Å². The number of fused-ring (bicyclic) bond motifs is 3. The highest BCUT2D eigenvalue weighted by atomic mass is 16.5. The van der Waals surface area contributed by atoms with E-state index in [1.807, 2.05) is 86.4 Å². The largest absolute Gasteiger partial charge is 0.458 e. The van der Waals surface area contributed by atoms with Crippen molar-refractivity contribution in [2.75, 3.05) is 0 Å². The van der Waals surface area contributed by atoms with Crippen molar-refractivity contribution in [1.29, 1.82) is 0 Å². The summed E-state index contributed by atoms with van der Waals surface area (Å²) in [5, 5.41) is 2.28. The Bertz CT molecular complexity index is 2290. The molecule has 4 heterocycles. The fourth-order valence-corrected chi connectivity index (χ4v) is 5.75. The van der Waals surface area contributed by atoms with Gasteiger partial charge in [-0.3, -0.25) is 18.7 Å². The molecule has 6 heteroatoms. The second-order valence-corrected chi connectivity index (χ2v) is 13.7. The van der Waals surface area contributed by atoms with Gasteiger partial charge in [0.15, 0.2) is 5.82 Å². The van der Waals surface area contributed by atoms with Crippen LogP contribution in [0.2, 0.25) is 0 Å². The highest BCUT2D eigenvalue weighted by molar-refractivity contribution is 6.09. The molecule has 0 aliphatic rings. The van der Waals surface area contributed by atoms with E-state index < -0.39 is 11.8 Å². The first-order valence-corrected chi connectivity index (χ1v) is 15.6. The number of pyridine rings is 2. The van der Waals surface area contributed by atoms with Crippen molar-refractivity contribution in [3.8, 4) is 28.8 Å². The summed E-state index contributed by atoms with van der Waals surface area (Å²) >= 11 is 0. The van der Waals surface area contributed by atoms with Crippen LogP contribution in [0.15, 0.2) is 116 Å². The summed E-state index contributed by atoms with van der Waals surface area (Å²) in [5.74, 6) is 2.86. The van der Waals surface area contributed by atoms with Gasteiger partial charge in [-0.15, -0.1) is 0 Å². The molecular formula is C40H39N5O. The summed E-state index contributed by atoms with van der Waals surface area (Å²) in [6.45, 7) is 12.4. The number of nitrogens with zero attached hydrogens (tertiary/aromatic N) is 5. The summed E-state index contributed by atoms with van der Waals surface area (Å²) < 4.78 is 29.7. The van der Waals surface area contributed by atoms with Gasteiger partial charge in [-0.2, -0.15) is 0 Å². The monoisotopic (exact) mass is 607 g/mol. The summed E-state index contributed by atoms with van der Waals surface area (Å²) in [7, 11) is 0. The Hall–Kier alpha value is -5.23. The van der Waals surface area contributed by atoms with Crippen LogP contribution in [0.25, 0.3) is 39.1 Å². The quantitative estimate of drug-likeness (QED) is 0.140. The molecule has 0 fully saturated rings. The maximum Gasteiger partial charge on any atom is 0.270 e. The van der Waals surface area contributed by atoms with Crippen molar-refractivity contribution in [2.45, 2.75) is 53.3 Å². The SMILES string of the molecule is [2H]C([2H])(c1cccc(-[n+]2[c-]n(-c3cc(Oc4ccc5c6ccccc6n(-c6cc(C(C)(C)C)ccn6)c5c4)ccn3)cc2)c1)C(C)(C)C. The van der Waals surface area contributed by atoms with E-state index in [0.29, 0.717) is 22.9 Å². The molecule has 7 rings (SSSR count). The molecule has 0 unspecified atom stereocenters. The summed E-state index contributed by atoms with van der Waals surface area (Å²) in [4.78, 5) is 9.37. The van der Waals surface area contributed by atoms with Crippen LogP contribution < -0.4 is 9.30 Å². The van der Waals surface area contributed by atoms with E-state index in [9.17, 15) is 0 Å². The molecule has 6 nitrogen and oxygen atoms in total. The van der Waals surface area contributed by atoms with E-state index in [1.165, 1.54) is 5.56 Å². The number of aromatic nitrogens is 5. The van der Waals surface area contributed by atoms with Gasteiger partial charge in [-0.1, -0.05) is 77.4 Å². The van der Waals surface area contributed by atoms with E-state index in [-0.39, 0.29) is 5.41 Å². The van der Waals surface area contributed by atoms with Gasteiger partial charge < -0.3 is 4.74 Å². The van der Waals surface area contributed by atoms with Crippen molar-refractivity contribution in [3.63, 3.8) is 0 Å². The number of rotatable bonds is 6. The molecule has 0 amide bonds. The first-order chi connectivity index (χ1) is 22.8. The maximum atomic E-state index is 8.71. The zero-order chi connectivity index (χ0) is 33.8. The lowest BCUT2D eigenvalue weighted by Gasteiger charge is -2.20. The number of hydrogen-bond donors (Lipinski definition) is 0. The van der Waals surface area contributed by atoms with Gasteiger partial charge in [0, 0.05) is 50.4 Å². The highest BCUT2D eigenvalue weighted by Crippen LogP contribution is 2.36. The lowest BCUT2D eigenvalue weighted by atomic mass is 9.88. The standard InChI is InChI=1S/C40H39N5O/c1-39(2,3)26-28-10-9-11-30(22-28)43-20-21-44(27-43)37-25-32(17-19-41-37)46-31-14-15-34-33-12-7-8-13-35(33)45(36(34)24-31)38-23-29(16-18-42-38)40(4,5)6/h7-25H,26H2,1-6H3/i26D2. The van der Waals surface area contributed by atoms with Crippen LogP contribution in [-0.4, -0.2) is 19.1 Å². The minimum Gasteiger partial charge on any atom is -0.458 e. The van der Waals surface area contributed by atoms with Crippen molar-refractivity contribution < 1.29 is 12.0 Å². The van der Waals surface area contributed by atoms with Gasteiger partial charge in [0.1, 0.15) is 17.3 Å². The summed E-state index contributed by atoms with van der Waals surface area (Å²) in [6, 6.07) is 30.1. The topological polar surface area (TPSA) is 48.8 Å². The number of imidazole rings is 1. The molecule has 0 N–H and O–H groups in total. The maximum absolute atomic E-state index is 8.71. The third-order valence-corrected chi connectivity index (χ3v) is 7.91. The molecule has 230 valence electrons. The number of benzene rings is 3. The van der Waals surface area contributed by atoms with Crippen LogP contribution >= 0.6 is 0 Å². The Morgan fingerprint density at radius 3 is 2.35 bits per heavy atom. The van der Waals surface area contributed by atoms with Gasteiger partial charge in [-0.05, 0) is 71.3 Å². The third kappa shape index (κ3) is 5.91. The Labute approximate surface area is 273 Å². The van der Waals surface area contributed by atoms with Crippen molar-refractivity contribution in [2.24, 2.45) is 5.41 Å². The average Bonchev–Trinajstić information content (AvgIpc) is 3.68. The molecular weight excluding hydrogens is 566 g/mol. The third-order valence-electron chi connectivity index (χ3n) is 7.91. The Kier molecular flexibility index (Phi) is 6.65. The normalized spacial score (nSPS) is 13.2. The number of ether oxygens (including phenoxy) is 1. The molecule has 0 aliphatic carbocycles. The molecule has 0 bridgehead atoms. The first kappa shape index (κ1) is 27.1. The smallest absolute Gasteiger partial charge is 0.270 e. The van der Waals surface area contributed by atoms with Gasteiger partial charge in [0.25, 0.3) is 6.33 Å². The van der Waals surface area contributed by atoms with E-state index >= 15 is 0 Å². The minimum atomic E-state index is -1.50. The highest BCUT2D eigenvalue weighted by Gasteiger charge is 2.18. The van der Waals surface area contributed by atoms with Gasteiger partial charge >= 0.3 is 0 Å². The lowest BCUT2D eigenvalue weighted by molar-refractivity contribution is -0.599. The van der Waals surface area contributed by atoms with Crippen molar-refractivity contribution >= 4 is 21.8 Å². The van der Waals surface area contributed by atoms with Crippen LogP contribution in [-0.2, 0) is 11.8 Å². The Morgan fingerprint density at radius 1 is 0.761 bits per heavy atom. The van der Waals surface area contributed by atoms with Gasteiger partial charge in [0.05, 0.1) is 16.7 Å². The van der Waals surface area contributed by atoms with E-state index in [1.54, 1.807) is 10.8 Å². The van der Waals surface area contributed by atoms with Gasteiger partial charge in [-0.25, -0.2) is 4.98 Å². The molecule has 0 spiro atoms. The number of hydrogen-bond acceptors (Lipinski definition) is 3. The van der Waals surface area contributed by atoms with E-state index in [4.69, 9.17) is 12.5 Å². The predicted octanol–water partition coefficient (Wildman–Crippen LogP) is 9.12. The first-order valence-electron chi connectivity index (χ1n) is 16.6. The second-order valence-electron chi connectivity index (χ2n) is 13.7. The molecule has 3 aromatic carbocycles. The summed E-state index contributed by atoms with van der Waals surface area (Å²) in [6.07, 6.45) is 9.19. The summed E-state index contributed by atoms with van der Waals surface area (Å²) in [5.41, 5.74) is 4.21. The molecule has 7 aromatic rings. The van der Waals surface area contributed by atoms with Crippen molar-refractivity contribution in [3.05, 3.63) is 133 Å². The van der Waals surface area contributed by atoms with Crippen LogP contribution in [0.1, 0.15) is 55.4 Å². The second kappa shape index (κ2) is 11.3. The Balaban J connectivity index is 1.21. The molecule has 0 saturated carbocycles.